The molecule has 1 aliphatic heterocycles. The number of carbonyl (C=O) groups is 1. The molecule has 0 radical (unpaired) electrons. The van der Waals surface area contributed by atoms with E-state index < -0.39 is 10.0 Å². The molecule has 1 saturated heterocycles. The van der Waals surface area contributed by atoms with Crippen LogP contribution in [-0.2, 0) is 10.0 Å². The van der Waals surface area contributed by atoms with Crippen LogP contribution in [0, 0.1) is 6.92 Å². The Labute approximate surface area is 125 Å². The number of likely N-dealkylation sites (N-methyl/N-ethyl adjacent to an activating group) is 1. The lowest BCUT2D eigenvalue weighted by Gasteiger charge is -2.32. The quantitative estimate of drug-likeness (QED) is 0.848. The highest BCUT2D eigenvalue weighted by atomic mass is 32.2. The van der Waals surface area contributed by atoms with E-state index in [1.807, 2.05) is 7.05 Å². The van der Waals surface area contributed by atoms with E-state index in [1.165, 1.54) is 12.1 Å². The van der Waals surface area contributed by atoms with Crippen molar-refractivity contribution in [2.75, 3.05) is 20.1 Å². The third-order valence-electron chi connectivity index (χ3n) is 3.85. The van der Waals surface area contributed by atoms with Crippen molar-refractivity contribution < 1.29 is 13.2 Å². The van der Waals surface area contributed by atoms with E-state index in [-0.39, 0.29) is 10.8 Å². The van der Waals surface area contributed by atoms with Crippen LogP contribution in [0.25, 0.3) is 0 Å². The molecule has 116 valence electrons. The van der Waals surface area contributed by atoms with Crippen molar-refractivity contribution in [1.29, 1.82) is 0 Å². The standard InChI is InChI=1S/C14H21N3O3S/c1-10-8-11(5-6-13(10)21(15,19)20)14(18)17-7-3-4-12(9-17)16-2/h5-6,8,12,16H,3-4,7,9H2,1-2H3,(H2,15,19,20)/t12-/m1/s1. The number of likely N-dealkylation sites (tertiary alicyclic amines) is 1. The van der Waals surface area contributed by atoms with Crippen LogP contribution in [0.1, 0.15) is 28.8 Å². The summed E-state index contributed by atoms with van der Waals surface area (Å²) in [5.41, 5.74) is 0.988. The summed E-state index contributed by atoms with van der Waals surface area (Å²) in [4.78, 5) is 14.4. The van der Waals surface area contributed by atoms with Gasteiger partial charge in [-0.2, -0.15) is 0 Å². The van der Waals surface area contributed by atoms with Gasteiger partial charge in [0.2, 0.25) is 10.0 Å². The van der Waals surface area contributed by atoms with E-state index >= 15 is 0 Å². The number of rotatable bonds is 3. The Kier molecular flexibility index (Phi) is 4.65. The van der Waals surface area contributed by atoms with Crippen molar-refractivity contribution >= 4 is 15.9 Å². The minimum Gasteiger partial charge on any atom is -0.337 e. The Morgan fingerprint density at radius 3 is 2.71 bits per heavy atom. The SMILES string of the molecule is CN[C@@H]1CCCN(C(=O)c2ccc(S(N)(=O)=O)c(C)c2)C1. The molecule has 0 aliphatic carbocycles. The molecule has 0 unspecified atom stereocenters. The fourth-order valence-electron chi connectivity index (χ4n) is 2.68. The summed E-state index contributed by atoms with van der Waals surface area (Å²) in [5, 5.41) is 8.32. The van der Waals surface area contributed by atoms with Crippen LogP contribution in [0.15, 0.2) is 23.1 Å². The van der Waals surface area contributed by atoms with Gasteiger partial charge < -0.3 is 10.2 Å². The number of primary sulfonamides is 1. The number of piperidine rings is 1. The summed E-state index contributed by atoms with van der Waals surface area (Å²) in [6.07, 6.45) is 2.02. The third kappa shape index (κ3) is 3.61. The van der Waals surface area contributed by atoms with Crippen molar-refractivity contribution in [3.63, 3.8) is 0 Å². The molecule has 0 aromatic heterocycles. The maximum atomic E-state index is 12.5. The molecular formula is C14H21N3O3S. The average molecular weight is 311 g/mol. The zero-order valence-corrected chi connectivity index (χ0v) is 13.1. The molecule has 2 rings (SSSR count). The zero-order chi connectivity index (χ0) is 15.6. The van der Waals surface area contributed by atoms with Gasteiger partial charge in [-0.05, 0) is 50.6 Å². The summed E-state index contributed by atoms with van der Waals surface area (Å²) < 4.78 is 22.8. The second-order valence-corrected chi connectivity index (χ2v) is 6.93. The second-order valence-electron chi connectivity index (χ2n) is 5.40. The lowest BCUT2D eigenvalue weighted by Crippen LogP contribution is -2.47. The summed E-state index contributed by atoms with van der Waals surface area (Å²) in [6.45, 7) is 3.04. The first-order valence-electron chi connectivity index (χ1n) is 6.93. The molecule has 21 heavy (non-hydrogen) atoms. The van der Waals surface area contributed by atoms with E-state index in [9.17, 15) is 13.2 Å². The number of nitrogens with one attached hydrogen (secondary N) is 1. The predicted octanol–water partition coefficient (Wildman–Crippen LogP) is 0.466. The number of carbonyl (C=O) groups excluding carboxylic acids is 1. The van der Waals surface area contributed by atoms with Crippen molar-refractivity contribution in [2.24, 2.45) is 5.14 Å². The number of nitrogens with zero attached hydrogens (tertiary/aromatic N) is 1. The van der Waals surface area contributed by atoms with E-state index in [1.54, 1.807) is 17.9 Å². The molecule has 1 atom stereocenters. The molecule has 1 aromatic rings. The van der Waals surface area contributed by atoms with Crippen LogP contribution in [0.3, 0.4) is 0 Å². The van der Waals surface area contributed by atoms with E-state index in [0.29, 0.717) is 23.7 Å². The molecule has 0 bridgehead atoms. The van der Waals surface area contributed by atoms with Crippen molar-refractivity contribution in [3.8, 4) is 0 Å². The molecule has 7 heteroatoms. The number of aryl methyl sites for hydroxylation is 1. The molecular weight excluding hydrogens is 290 g/mol. The summed E-state index contributed by atoms with van der Waals surface area (Å²) >= 11 is 0. The van der Waals surface area contributed by atoms with Crippen LogP contribution >= 0.6 is 0 Å². The number of amides is 1. The molecule has 0 saturated carbocycles. The van der Waals surface area contributed by atoms with Gasteiger partial charge in [-0.1, -0.05) is 0 Å². The van der Waals surface area contributed by atoms with Crippen molar-refractivity contribution in [1.82, 2.24) is 10.2 Å². The minimum absolute atomic E-state index is 0.0609. The van der Waals surface area contributed by atoms with Gasteiger partial charge in [-0.25, -0.2) is 13.6 Å². The first kappa shape index (κ1) is 15.9. The fraction of sp³-hybridized carbons (Fsp3) is 0.500. The van der Waals surface area contributed by atoms with Crippen LogP contribution in [0.4, 0.5) is 0 Å². The van der Waals surface area contributed by atoms with Crippen LogP contribution in [0.5, 0.6) is 0 Å². The second kappa shape index (κ2) is 6.13. The number of sulfonamides is 1. The maximum Gasteiger partial charge on any atom is 0.253 e. The number of hydrogen-bond acceptors (Lipinski definition) is 4. The van der Waals surface area contributed by atoms with E-state index in [0.717, 1.165) is 19.4 Å². The van der Waals surface area contributed by atoms with Crippen LogP contribution < -0.4 is 10.5 Å². The van der Waals surface area contributed by atoms with Crippen molar-refractivity contribution in [2.45, 2.75) is 30.7 Å². The summed E-state index contributed by atoms with van der Waals surface area (Å²) in [7, 11) is -1.86. The van der Waals surface area contributed by atoms with Gasteiger partial charge in [-0.15, -0.1) is 0 Å². The summed E-state index contributed by atoms with van der Waals surface area (Å²) in [6, 6.07) is 4.83. The highest BCUT2D eigenvalue weighted by Gasteiger charge is 2.24. The molecule has 1 fully saturated rings. The first-order valence-corrected chi connectivity index (χ1v) is 8.47. The fourth-order valence-corrected chi connectivity index (χ4v) is 3.45. The smallest absolute Gasteiger partial charge is 0.253 e. The number of benzene rings is 1. The molecule has 1 aromatic carbocycles. The normalized spacial score (nSPS) is 19.6. The molecule has 0 spiro atoms. The molecule has 3 N–H and O–H groups in total. The monoisotopic (exact) mass is 311 g/mol. The Bertz CT molecular complexity index is 643. The zero-order valence-electron chi connectivity index (χ0n) is 12.3. The highest BCUT2D eigenvalue weighted by molar-refractivity contribution is 7.89. The summed E-state index contributed by atoms with van der Waals surface area (Å²) in [5.74, 6) is -0.0704. The Morgan fingerprint density at radius 1 is 1.43 bits per heavy atom. The van der Waals surface area contributed by atoms with Gasteiger partial charge in [0.05, 0.1) is 4.90 Å². The van der Waals surface area contributed by atoms with E-state index in [2.05, 4.69) is 5.32 Å². The van der Waals surface area contributed by atoms with Gasteiger partial charge in [0.25, 0.3) is 5.91 Å². The first-order chi connectivity index (χ1) is 9.82. The van der Waals surface area contributed by atoms with Gasteiger partial charge in [-0.3, -0.25) is 4.79 Å². The number of nitrogens with two attached hydrogens (primary N) is 1. The maximum absolute atomic E-state index is 12.5. The van der Waals surface area contributed by atoms with Gasteiger partial charge in [0.15, 0.2) is 0 Å². The Balaban J connectivity index is 2.22. The van der Waals surface area contributed by atoms with Gasteiger partial charge in [0, 0.05) is 24.7 Å². The predicted molar refractivity (Wildman–Crippen MR) is 80.5 cm³/mol. The third-order valence-corrected chi connectivity index (χ3v) is 4.92. The highest BCUT2D eigenvalue weighted by Crippen LogP contribution is 2.18. The molecule has 1 heterocycles. The average Bonchev–Trinajstić information content (AvgIpc) is 2.45. The molecule has 1 amide bonds. The molecule has 6 nitrogen and oxygen atoms in total. The number of hydrogen-bond donors (Lipinski definition) is 2. The lowest BCUT2D eigenvalue weighted by molar-refractivity contribution is 0.0698. The largest absolute Gasteiger partial charge is 0.337 e. The van der Waals surface area contributed by atoms with E-state index in [4.69, 9.17) is 5.14 Å². The lowest BCUT2D eigenvalue weighted by atomic mass is 10.0. The van der Waals surface area contributed by atoms with Gasteiger partial charge in [0.1, 0.15) is 0 Å². The molecule has 1 aliphatic rings. The van der Waals surface area contributed by atoms with Gasteiger partial charge >= 0.3 is 0 Å². The Morgan fingerprint density at radius 2 is 2.14 bits per heavy atom. The minimum atomic E-state index is -3.75. The van der Waals surface area contributed by atoms with Crippen molar-refractivity contribution in [3.05, 3.63) is 29.3 Å². The van der Waals surface area contributed by atoms with Crippen LogP contribution in [-0.4, -0.2) is 45.4 Å². The van der Waals surface area contributed by atoms with Crippen LogP contribution in [0.2, 0.25) is 0 Å². The Hall–Kier alpha value is -1.44. The topological polar surface area (TPSA) is 92.5 Å².